The third-order valence-corrected chi connectivity index (χ3v) is 3.08. The van der Waals surface area contributed by atoms with E-state index in [4.69, 9.17) is 5.73 Å². The molecule has 0 aliphatic carbocycles. The van der Waals surface area contributed by atoms with Gasteiger partial charge in [0.1, 0.15) is 5.82 Å². The Bertz CT molecular complexity index is 717. The molecule has 3 rings (SSSR count). The Balaban J connectivity index is 0.000000460. The number of nitrogens with two attached hydrogens (primary N) is 1. The molecule has 0 radical (unpaired) electrons. The number of nitrogens with one attached hydrogen (secondary N) is 1. The third kappa shape index (κ3) is 6.51. The third-order valence-electron chi connectivity index (χ3n) is 3.08. The lowest BCUT2D eigenvalue weighted by molar-refractivity contribution is 0.628. The molecule has 0 spiro atoms. The van der Waals surface area contributed by atoms with Crippen LogP contribution in [0, 0.1) is 12.7 Å². The lowest BCUT2D eigenvalue weighted by Crippen LogP contribution is -1.87. The molecular formula is C21H28FN3. The molecule has 0 saturated heterocycles. The van der Waals surface area contributed by atoms with Crippen LogP contribution in [-0.4, -0.2) is 16.5 Å². The average molecular weight is 341 g/mol. The van der Waals surface area contributed by atoms with E-state index in [-0.39, 0.29) is 5.82 Å². The van der Waals surface area contributed by atoms with Crippen LogP contribution in [0.1, 0.15) is 32.9 Å². The summed E-state index contributed by atoms with van der Waals surface area (Å²) in [6, 6.07) is 12.5. The molecule has 0 amide bonds. The Labute approximate surface area is 150 Å². The van der Waals surface area contributed by atoms with Gasteiger partial charge in [0.25, 0.3) is 0 Å². The minimum Gasteiger partial charge on any atom is -0.358 e. The maximum absolute atomic E-state index is 13.0. The van der Waals surface area contributed by atoms with Gasteiger partial charge in [-0.15, -0.1) is 0 Å². The van der Waals surface area contributed by atoms with Gasteiger partial charge in [-0.1, -0.05) is 27.2 Å². The van der Waals surface area contributed by atoms with Crippen molar-refractivity contribution >= 4 is 0 Å². The molecule has 134 valence electrons. The first-order chi connectivity index (χ1) is 12.1. The molecule has 0 aliphatic heterocycles. The number of aromatic amines is 1. The largest absolute Gasteiger partial charge is 0.358 e. The predicted octanol–water partition coefficient (Wildman–Crippen LogP) is 5.57. The number of pyridine rings is 1. The number of nitrogens with zero attached hydrogens (tertiary/aromatic N) is 1. The molecule has 1 aromatic carbocycles. The summed E-state index contributed by atoms with van der Waals surface area (Å²) in [5.41, 5.74) is 10.1. The number of hydrogen-bond acceptors (Lipinski definition) is 2. The minimum atomic E-state index is -0.225. The monoisotopic (exact) mass is 341 g/mol. The van der Waals surface area contributed by atoms with Crippen molar-refractivity contribution in [2.24, 2.45) is 5.73 Å². The molecule has 0 aliphatic rings. The van der Waals surface area contributed by atoms with E-state index in [0.717, 1.165) is 34.6 Å². The van der Waals surface area contributed by atoms with Crippen LogP contribution in [0.3, 0.4) is 0 Å². The molecule has 3 N–H and O–H groups in total. The Morgan fingerprint density at radius 2 is 1.48 bits per heavy atom. The lowest BCUT2D eigenvalue weighted by atomic mass is 10.0. The van der Waals surface area contributed by atoms with E-state index < -0.39 is 0 Å². The zero-order valence-electron chi connectivity index (χ0n) is 15.5. The number of aromatic nitrogens is 2. The summed E-state index contributed by atoms with van der Waals surface area (Å²) < 4.78 is 13.0. The second-order valence-electron chi connectivity index (χ2n) is 5.60. The molecule has 0 atom stereocenters. The van der Waals surface area contributed by atoms with E-state index in [1.165, 1.54) is 18.6 Å². The number of halogens is 1. The molecule has 4 heteroatoms. The summed E-state index contributed by atoms with van der Waals surface area (Å²) in [4.78, 5) is 7.37. The number of aryl methyl sites for hydroxylation is 1. The second kappa shape index (κ2) is 11.2. The van der Waals surface area contributed by atoms with Crippen molar-refractivity contribution in [3.05, 3.63) is 66.4 Å². The fourth-order valence-corrected chi connectivity index (χ4v) is 2.19. The smallest absolute Gasteiger partial charge is 0.123 e. The van der Waals surface area contributed by atoms with Crippen LogP contribution in [0.2, 0.25) is 0 Å². The van der Waals surface area contributed by atoms with Crippen molar-refractivity contribution in [2.45, 2.75) is 34.1 Å². The maximum Gasteiger partial charge on any atom is 0.123 e. The summed E-state index contributed by atoms with van der Waals surface area (Å²) in [6.07, 6.45) is 4.79. The van der Waals surface area contributed by atoms with Crippen molar-refractivity contribution in [3.8, 4) is 22.4 Å². The Hall–Kier alpha value is -2.46. The van der Waals surface area contributed by atoms with Crippen LogP contribution in [0.4, 0.5) is 4.39 Å². The van der Waals surface area contributed by atoms with Crippen LogP contribution in [0.5, 0.6) is 0 Å². The zero-order chi connectivity index (χ0) is 18.7. The van der Waals surface area contributed by atoms with Crippen molar-refractivity contribution in [3.63, 3.8) is 0 Å². The van der Waals surface area contributed by atoms with Crippen LogP contribution >= 0.6 is 0 Å². The fourth-order valence-electron chi connectivity index (χ4n) is 2.19. The van der Waals surface area contributed by atoms with Crippen LogP contribution < -0.4 is 5.73 Å². The summed E-state index contributed by atoms with van der Waals surface area (Å²) >= 11 is 0. The molecule has 25 heavy (non-hydrogen) atoms. The Morgan fingerprint density at radius 3 is 2.00 bits per heavy atom. The lowest BCUT2D eigenvalue weighted by Gasteiger charge is -2.04. The van der Waals surface area contributed by atoms with Gasteiger partial charge in [-0.05, 0) is 67.1 Å². The Morgan fingerprint density at radius 1 is 0.960 bits per heavy atom. The first-order valence-electron chi connectivity index (χ1n) is 8.63. The summed E-state index contributed by atoms with van der Waals surface area (Å²) in [7, 11) is 0. The van der Waals surface area contributed by atoms with Crippen LogP contribution in [-0.2, 0) is 0 Å². The minimum absolute atomic E-state index is 0.225. The first kappa shape index (κ1) is 20.6. The summed E-state index contributed by atoms with van der Waals surface area (Å²) in [6.45, 7) is 8.91. The van der Waals surface area contributed by atoms with E-state index in [0.29, 0.717) is 0 Å². The van der Waals surface area contributed by atoms with E-state index >= 15 is 0 Å². The number of benzene rings is 1. The molecule has 2 aromatic heterocycles. The second-order valence-corrected chi connectivity index (χ2v) is 5.60. The van der Waals surface area contributed by atoms with Gasteiger partial charge in [-0.2, -0.15) is 0 Å². The normalized spacial score (nSPS) is 9.52. The van der Waals surface area contributed by atoms with Gasteiger partial charge in [-0.3, -0.25) is 4.98 Å². The standard InChI is InChI=1S/C16H13FN2.C3H8.C2H7N/c1-11-10-15(12-6-8-18-9-7-12)16(19-11)13-2-4-14(17)5-3-13;1-3-2;1-2-3/h2-10,19H,1H3;3H2,1-2H3;2-3H2,1H3. The topological polar surface area (TPSA) is 54.7 Å². The highest BCUT2D eigenvalue weighted by molar-refractivity contribution is 5.81. The van der Waals surface area contributed by atoms with Crippen LogP contribution in [0.25, 0.3) is 22.4 Å². The van der Waals surface area contributed by atoms with E-state index in [1.54, 1.807) is 24.5 Å². The SMILES string of the molecule is CCC.CCN.Cc1cc(-c2ccncc2)c(-c2ccc(F)cc2)[nH]1. The van der Waals surface area contributed by atoms with Gasteiger partial charge in [-0.25, -0.2) is 4.39 Å². The van der Waals surface area contributed by atoms with Crippen molar-refractivity contribution < 1.29 is 4.39 Å². The summed E-state index contributed by atoms with van der Waals surface area (Å²) in [5.74, 6) is -0.225. The zero-order valence-corrected chi connectivity index (χ0v) is 15.5. The number of rotatable bonds is 2. The molecule has 0 unspecified atom stereocenters. The molecule has 0 bridgehead atoms. The van der Waals surface area contributed by atoms with E-state index in [2.05, 4.69) is 29.9 Å². The predicted molar refractivity (Wildman–Crippen MR) is 105 cm³/mol. The van der Waals surface area contributed by atoms with Crippen molar-refractivity contribution in [1.82, 2.24) is 9.97 Å². The molecule has 3 nitrogen and oxygen atoms in total. The molecule has 3 aromatic rings. The molecule has 2 heterocycles. The first-order valence-corrected chi connectivity index (χ1v) is 8.63. The molecular weight excluding hydrogens is 313 g/mol. The highest BCUT2D eigenvalue weighted by Crippen LogP contribution is 2.32. The fraction of sp³-hybridized carbons (Fsp3) is 0.286. The quantitative estimate of drug-likeness (QED) is 0.640. The van der Waals surface area contributed by atoms with Gasteiger partial charge in [0.05, 0.1) is 5.69 Å². The average Bonchev–Trinajstić information content (AvgIpc) is 3.00. The number of H-pyrrole nitrogens is 1. The van der Waals surface area contributed by atoms with Gasteiger partial charge in [0.15, 0.2) is 0 Å². The van der Waals surface area contributed by atoms with Gasteiger partial charge < -0.3 is 10.7 Å². The highest BCUT2D eigenvalue weighted by Gasteiger charge is 2.10. The van der Waals surface area contributed by atoms with E-state index in [1.807, 2.05) is 26.0 Å². The van der Waals surface area contributed by atoms with Crippen molar-refractivity contribution in [1.29, 1.82) is 0 Å². The van der Waals surface area contributed by atoms with Crippen LogP contribution in [0.15, 0.2) is 54.9 Å². The highest BCUT2D eigenvalue weighted by atomic mass is 19.1. The van der Waals surface area contributed by atoms with Gasteiger partial charge in [0, 0.05) is 23.7 Å². The van der Waals surface area contributed by atoms with Crippen molar-refractivity contribution in [2.75, 3.05) is 6.54 Å². The molecule has 0 fully saturated rings. The summed E-state index contributed by atoms with van der Waals surface area (Å²) in [5, 5.41) is 0. The molecule has 0 saturated carbocycles. The Kier molecular flexibility index (Phi) is 9.19. The van der Waals surface area contributed by atoms with Gasteiger partial charge in [0.2, 0.25) is 0 Å². The van der Waals surface area contributed by atoms with E-state index in [9.17, 15) is 4.39 Å². The van der Waals surface area contributed by atoms with Gasteiger partial charge >= 0.3 is 0 Å². The maximum atomic E-state index is 13.0. The number of hydrogen-bond donors (Lipinski definition) is 2.